The summed E-state index contributed by atoms with van der Waals surface area (Å²) < 4.78 is 5.26. The van der Waals surface area contributed by atoms with Gasteiger partial charge >= 0.3 is 0 Å². The third kappa shape index (κ3) is 6.17. The summed E-state index contributed by atoms with van der Waals surface area (Å²) in [5.41, 5.74) is 1.88. The second kappa shape index (κ2) is 10.2. The molecule has 0 aliphatic rings. The Bertz CT molecular complexity index is 400. The summed E-state index contributed by atoms with van der Waals surface area (Å²) in [6, 6.07) is 7.81. The first kappa shape index (κ1) is 17.5. The topological polar surface area (TPSA) is 41.6 Å². The molecule has 0 aromatic heterocycles. The van der Waals surface area contributed by atoms with Crippen molar-refractivity contribution in [1.29, 1.82) is 0 Å². The molecule has 21 heavy (non-hydrogen) atoms. The predicted molar refractivity (Wildman–Crippen MR) is 88.1 cm³/mol. The third-order valence-corrected chi connectivity index (χ3v) is 3.46. The zero-order valence-electron chi connectivity index (χ0n) is 13.5. The Balaban J connectivity index is 2.37. The van der Waals surface area contributed by atoms with Crippen molar-refractivity contribution in [1.82, 2.24) is 5.32 Å². The van der Waals surface area contributed by atoms with Crippen LogP contribution in [0.4, 0.5) is 5.69 Å². The van der Waals surface area contributed by atoms with Gasteiger partial charge in [-0.15, -0.1) is 0 Å². The molecule has 118 valence electrons. The van der Waals surface area contributed by atoms with Crippen molar-refractivity contribution in [3.8, 4) is 0 Å². The van der Waals surface area contributed by atoms with E-state index < -0.39 is 0 Å². The molecule has 0 saturated carbocycles. The number of rotatable bonds is 10. The van der Waals surface area contributed by atoms with Crippen LogP contribution in [0, 0.1) is 0 Å². The minimum atomic E-state index is -0.00231. The Kier molecular flexibility index (Phi) is 8.51. The summed E-state index contributed by atoms with van der Waals surface area (Å²) in [7, 11) is 0. The molecule has 1 aromatic rings. The van der Waals surface area contributed by atoms with E-state index in [9.17, 15) is 4.79 Å². The highest BCUT2D eigenvalue weighted by Crippen LogP contribution is 2.14. The third-order valence-electron chi connectivity index (χ3n) is 3.46. The van der Waals surface area contributed by atoms with Crippen molar-refractivity contribution in [2.24, 2.45) is 0 Å². The quantitative estimate of drug-likeness (QED) is 0.674. The average molecular weight is 292 g/mol. The highest BCUT2D eigenvalue weighted by Gasteiger charge is 2.06. The lowest BCUT2D eigenvalue weighted by molar-refractivity contribution is 0.0949. The van der Waals surface area contributed by atoms with E-state index in [-0.39, 0.29) is 5.91 Å². The zero-order chi connectivity index (χ0) is 15.5. The normalized spacial score (nSPS) is 10.4. The van der Waals surface area contributed by atoms with Crippen molar-refractivity contribution < 1.29 is 9.53 Å². The number of nitrogens with one attached hydrogen (secondary N) is 1. The van der Waals surface area contributed by atoms with Crippen molar-refractivity contribution >= 4 is 11.6 Å². The van der Waals surface area contributed by atoms with Gasteiger partial charge in [0.2, 0.25) is 0 Å². The van der Waals surface area contributed by atoms with Crippen molar-refractivity contribution in [3.63, 3.8) is 0 Å². The summed E-state index contributed by atoms with van der Waals surface area (Å²) in [5, 5.41) is 2.94. The second-order valence-corrected chi connectivity index (χ2v) is 4.88. The first-order valence-corrected chi connectivity index (χ1v) is 7.93. The molecule has 0 saturated heterocycles. The Morgan fingerprint density at radius 3 is 2.33 bits per heavy atom. The molecule has 0 radical (unpaired) electrons. The average Bonchev–Trinajstić information content (AvgIpc) is 2.52. The van der Waals surface area contributed by atoms with E-state index in [2.05, 4.69) is 24.1 Å². The number of anilines is 1. The fourth-order valence-electron chi connectivity index (χ4n) is 2.19. The minimum Gasteiger partial charge on any atom is -0.382 e. The molecule has 0 atom stereocenters. The molecule has 0 aliphatic carbocycles. The number of amides is 1. The lowest BCUT2D eigenvalue weighted by Crippen LogP contribution is -2.25. The molecule has 0 bridgehead atoms. The van der Waals surface area contributed by atoms with Gasteiger partial charge in [0.1, 0.15) is 0 Å². The van der Waals surface area contributed by atoms with Gasteiger partial charge in [0, 0.05) is 44.1 Å². The van der Waals surface area contributed by atoms with E-state index in [0.717, 1.165) is 50.4 Å². The fraction of sp³-hybridized carbons (Fsp3) is 0.588. The van der Waals surface area contributed by atoms with Gasteiger partial charge in [-0.1, -0.05) is 0 Å². The van der Waals surface area contributed by atoms with Gasteiger partial charge in [-0.3, -0.25) is 4.79 Å². The SMILES string of the molecule is CCOCCCCNC(=O)c1ccc(N(CC)CC)cc1. The van der Waals surface area contributed by atoms with Crippen LogP contribution >= 0.6 is 0 Å². The van der Waals surface area contributed by atoms with Gasteiger partial charge < -0.3 is 15.0 Å². The number of nitrogens with zero attached hydrogens (tertiary/aromatic N) is 1. The number of carbonyl (C=O) groups is 1. The van der Waals surface area contributed by atoms with Crippen LogP contribution in [-0.4, -0.2) is 38.8 Å². The number of hydrogen-bond donors (Lipinski definition) is 1. The molecule has 0 fully saturated rings. The summed E-state index contributed by atoms with van der Waals surface area (Å²) in [6.07, 6.45) is 1.93. The molecule has 4 nitrogen and oxygen atoms in total. The first-order valence-electron chi connectivity index (χ1n) is 7.93. The number of ether oxygens (including phenoxy) is 1. The van der Waals surface area contributed by atoms with Crippen LogP contribution in [0.3, 0.4) is 0 Å². The molecule has 0 heterocycles. The largest absolute Gasteiger partial charge is 0.382 e. The van der Waals surface area contributed by atoms with E-state index >= 15 is 0 Å². The minimum absolute atomic E-state index is 0.00231. The number of benzene rings is 1. The van der Waals surface area contributed by atoms with Gasteiger partial charge in [0.15, 0.2) is 0 Å². The van der Waals surface area contributed by atoms with Crippen molar-refractivity contribution in [3.05, 3.63) is 29.8 Å². The lowest BCUT2D eigenvalue weighted by atomic mass is 10.1. The van der Waals surface area contributed by atoms with Gasteiger partial charge in [0.05, 0.1) is 0 Å². The molecular weight excluding hydrogens is 264 g/mol. The second-order valence-electron chi connectivity index (χ2n) is 4.88. The maximum atomic E-state index is 12.0. The monoisotopic (exact) mass is 292 g/mol. The smallest absolute Gasteiger partial charge is 0.251 e. The summed E-state index contributed by atoms with van der Waals surface area (Å²) in [4.78, 5) is 14.3. The molecule has 0 aliphatic heterocycles. The Morgan fingerprint density at radius 2 is 1.76 bits per heavy atom. The lowest BCUT2D eigenvalue weighted by Gasteiger charge is -2.21. The van der Waals surface area contributed by atoms with E-state index in [4.69, 9.17) is 4.74 Å². The Morgan fingerprint density at radius 1 is 1.10 bits per heavy atom. The molecular formula is C17H28N2O2. The van der Waals surface area contributed by atoms with Crippen LogP contribution in [0.1, 0.15) is 44.0 Å². The molecule has 0 spiro atoms. The van der Waals surface area contributed by atoms with Crippen LogP contribution in [0.2, 0.25) is 0 Å². The maximum absolute atomic E-state index is 12.0. The van der Waals surface area contributed by atoms with Crippen LogP contribution in [0.15, 0.2) is 24.3 Å². The molecule has 1 amide bonds. The fourth-order valence-corrected chi connectivity index (χ4v) is 2.19. The van der Waals surface area contributed by atoms with Gasteiger partial charge in [-0.2, -0.15) is 0 Å². The van der Waals surface area contributed by atoms with Gasteiger partial charge in [0.25, 0.3) is 5.91 Å². The van der Waals surface area contributed by atoms with Crippen LogP contribution in [-0.2, 0) is 4.74 Å². The number of hydrogen-bond acceptors (Lipinski definition) is 3. The molecule has 1 N–H and O–H groups in total. The van der Waals surface area contributed by atoms with Crippen molar-refractivity contribution in [2.45, 2.75) is 33.6 Å². The standard InChI is InChI=1S/C17H28N2O2/c1-4-19(5-2)16-11-9-15(10-12-16)17(20)18-13-7-8-14-21-6-3/h9-12H,4-8,13-14H2,1-3H3,(H,18,20). The number of unbranched alkanes of at least 4 members (excludes halogenated alkanes) is 1. The molecule has 0 unspecified atom stereocenters. The van der Waals surface area contributed by atoms with E-state index in [1.165, 1.54) is 0 Å². The van der Waals surface area contributed by atoms with Crippen molar-refractivity contribution in [2.75, 3.05) is 37.7 Å². The first-order chi connectivity index (χ1) is 10.2. The molecule has 4 heteroatoms. The van der Waals surface area contributed by atoms with Crippen LogP contribution < -0.4 is 10.2 Å². The van der Waals surface area contributed by atoms with Crippen LogP contribution in [0.25, 0.3) is 0 Å². The predicted octanol–water partition coefficient (Wildman–Crippen LogP) is 3.08. The highest BCUT2D eigenvalue weighted by molar-refractivity contribution is 5.94. The maximum Gasteiger partial charge on any atom is 0.251 e. The van der Waals surface area contributed by atoms with E-state index in [1.54, 1.807) is 0 Å². The van der Waals surface area contributed by atoms with Gasteiger partial charge in [-0.25, -0.2) is 0 Å². The van der Waals surface area contributed by atoms with Crippen LogP contribution in [0.5, 0.6) is 0 Å². The van der Waals surface area contributed by atoms with E-state index in [0.29, 0.717) is 6.54 Å². The molecule has 1 aromatic carbocycles. The summed E-state index contributed by atoms with van der Waals surface area (Å²) in [6.45, 7) is 10.4. The summed E-state index contributed by atoms with van der Waals surface area (Å²) >= 11 is 0. The van der Waals surface area contributed by atoms with E-state index in [1.807, 2.05) is 31.2 Å². The highest BCUT2D eigenvalue weighted by atomic mass is 16.5. The van der Waals surface area contributed by atoms with Gasteiger partial charge in [-0.05, 0) is 57.9 Å². The Labute approximate surface area is 128 Å². The number of carbonyl (C=O) groups excluding carboxylic acids is 1. The zero-order valence-corrected chi connectivity index (χ0v) is 13.5. The summed E-state index contributed by atoms with van der Waals surface area (Å²) in [5.74, 6) is -0.00231. The Hall–Kier alpha value is -1.55. The molecule has 1 rings (SSSR count).